The molecule has 0 aliphatic heterocycles. The highest BCUT2D eigenvalue weighted by Gasteiger charge is 2.12. The van der Waals surface area contributed by atoms with Crippen molar-refractivity contribution in [3.8, 4) is 11.5 Å². The van der Waals surface area contributed by atoms with Crippen LogP contribution in [0.15, 0.2) is 84.9 Å². The van der Waals surface area contributed by atoms with Crippen LogP contribution in [0.3, 0.4) is 0 Å². The number of rotatable bonds is 6. The maximum Gasteiger partial charge on any atom is 0.338 e. The first-order valence-corrected chi connectivity index (χ1v) is 8.76. The molecule has 7 heteroatoms. The maximum absolute atomic E-state index is 12.2. The third-order valence-corrected chi connectivity index (χ3v) is 3.73. The summed E-state index contributed by atoms with van der Waals surface area (Å²) in [7, 11) is 0. The summed E-state index contributed by atoms with van der Waals surface area (Å²) < 4.78 is 10.6. The van der Waals surface area contributed by atoms with E-state index < -0.39 is 24.4 Å². The lowest BCUT2D eigenvalue weighted by Crippen LogP contribution is -2.43. The Morgan fingerprint density at radius 2 is 1.31 bits per heavy atom. The van der Waals surface area contributed by atoms with Gasteiger partial charge in [0.15, 0.2) is 6.61 Å². The second-order valence-corrected chi connectivity index (χ2v) is 5.89. The van der Waals surface area contributed by atoms with Crippen LogP contribution < -0.4 is 15.6 Å². The van der Waals surface area contributed by atoms with E-state index in [0.717, 1.165) is 0 Å². The van der Waals surface area contributed by atoms with E-state index in [0.29, 0.717) is 17.1 Å². The molecule has 2 N–H and O–H groups in total. The fourth-order valence-corrected chi connectivity index (χ4v) is 2.35. The molecule has 0 fully saturated rings. The van der Waals surface area contributed by atoms with E-state index in [2.05, 4.69) is 10.9 Å². The van der Waals surface area contributed by atoms with Gasteiger partial charge in [-0.25, -0.2) is 4.79 Å². The number of para-hydroxylation sites is 1. The molecular formula is C22H18N2O5. The average Bonchev–Trinajstić information content (AvgIpc) is 2.77. The molecule has 29 heavy (non-hydrogen) atoms. The molecule has 0 spiro atoms. The van der Waals surface area contributed by atoms with Crippen molar-refractivity contribution >= 4 is 17.8 Å². The number of carbonyl (C=O) groups excluding carboxylic acids is 3. The van der Waals surface area contributed by atoms with Crippen molar-refractivity contribution in [1.82, 2.24) is 10.9 Å². The average molecular weight is 390 g/mol. The highest BCUT2D eigenvalue weighted by atomic mass is 16.5. The zero-order valence-corrected chi connectivity index (χ0v) is 15.3. The second-order valence-electron chi connectivity index (χ2n) is 5.89. The highest BCUT2D eigenvalue weighted by molar-refractivity contribution is 5.96. The predicted octanol–water partition coefficient (Wildman–Crippen LogP) is 3.10. The van der Waals surface area contributed by atoms with Gasteiger partial charge < -0.3 is 9.47 Å². The standard InChI is InChI=1S/C22H18N2O5/c25-20(23-24-21(26)16-8-3-1-4-9-16)15-28-22(27)17-10-7-13-19(14-17)29-18-11-5-2-6-12-18/h1-14H,15H2,(H,23,25)(H,24,26). The molecule has 0 bridgehead atoms. The van der Waals surface area contributed by atoms with Gasteiger partial charge in [0.2, 0.25) is 0 Å². The van der Waals surface area contributed by atoms with Crippen LogP contribution >= 0.6 is 0 Å². The topological polar surface area (TPSA) is 93.7 Å². The Labute approximate surface area is 167 Å². The van der Waals surface area contributed by atoms with Crippen LogP contribution in [0, 0.1) is 0 Å². The first kappa shape index (κ1) is 19.6. The van der Waals surface area contributed by atoms with E-state index in [1.165, 1.54) is 6.07 Å². The molecule has 0 aliphatic carbocycles. The predicted molar refractivity (Wildman–Crippen MR) is 105 cm³/mol. The molecule has 3 aromatic carbocycles. The zero-order chi connectivity index (χ0) is 20.5. The van der Waals surface area contributed by atoms with E-state index in [4.69, 9.17) is 9.47 Å². The minimum atomic E-state index is -0.687. The smallest absolute Gasteiger partial charge is 0.338 e. The molecular weight excluding hydrogens is 372 g/mol. The third kappa shape index (κ3) is 5.93. The molecule has 0 heterocycles. The fraction of sp³-hybridized carbons (Fsp3) is 0.0455. The number of ether oxygens (including phenoxy) is 2. The van der Waals surface area contributed by atoms with Gasteiger partial charge in [-0.15, -0.1) is 0 Å². The van der Waals surface area contributed by atoms with Crippen LogP contribution in [0.5, 0.6) is 11.5 Å². The monoisotopic (exact) mass is 390 g/mol. The van der Waals surface area contributed by atoms with E-state index in [-0.39, 0.29) is 5.56 Å². The molecule has 146 valence electrons. The van der Waals surface area contributed by atoms with Crippen molar-refractivity contribution in [3.63, 3.8) is 0 Å². The first-order valence-electron chi connectivity index (χ1n) is 8.76. The van der Waals surface area contributed by atoms with Crippen molar-refractivity contribution in [2.24, 2.45) is 0 Å². The van der Waals surface area contributed by atoms with Crippen LogP contribution in [0.1, 0.15) is 20.7 Å². The van der Waals surface area contributed by atoms with Crippen molar-refractivity contribution in [1.29, 1.82) is 0 Å². The fourth-order valence-electron chi connectivity index (χ4n) is 2.35. The van der Waals surface area contributed by atoms with Crippen LogP contribution in [0.4, 0.5) is 0 Å². The van der Waals surface area contributed by atoms with Crippen LogP contribution in [-0.2, 0) is 9.53 Å². The normalized spacial score (nSPS) is 9.93. The number of amides is 2. The number of hydrogen-bond donors (Lipinski definition) is 2. The molecule has 7 nitrogen and oxygen atoms in total. The van der Waals surface area contributed by atoms with Crippen molar-refractivity contribution in [2.75, 3.05) is 6.61 Å². The van der Waals surface area contributed by atoms with Gasteiger partial charge in [-0.3, -0.25) is 20.4 Å². The number of nitrogens with one attached hydrogen (secondary N) is 2. The Kier molecular flexibility index (Phi) is 6.57. The minimum absolute atomic E-state index is 0.236. The van der Waals surface area contributed by atoms with Crippen LogP contribution in [0.2, 0.25) is 0 Å². The summed E-state index contributed by atoms with van der Waals surface area (Å²) in [5.74, 6) is -0.736. The number of esters is 1. The van der Waals surface area contributed by atoms with E-state index in [9.17, 15) is 14.4 Å². The lowest BCUT2D eigenvalue weighted by atomic mass is 10.2. The number of hydrazine groups is 1. The van der Waals surface area contributed by atoms with E-state index in [1.54, 1.807) is 60.7 Å². The molecule has 0 atom stereocenters. The summed E-state index contributed by atoms with van der Waals surface area (Å²) >= 11 is 0. The van der Waals surface area contributed by atoms with Gasteiger partial charge in [0.05, 0.1) is 5.56 Å². The van der Waals surface area contributed by atoms with Gasteiger partial charge in [-0.2, -0.15) is 0 Å². The van der Waals surface area contributed by atoms with E-state index in [1.807, 2.05) is 18.2 Å². The van der Waals surface area contributed by atoms with Crippen molar-refractivity contribution < 1.29 is 23.9 Å². The number of carbonyl (C=O) groups is 3. The summed E-state index contributed by atoms with van der Waals surface area (Å²) in [6, 6.07) is 23.9. The second kappa shape index (κ2) is 9.70. The summed E-state index contributed by atoms with van der Waals surface area (Å²) in [6.07, 6.45) is 0. The molecule has 0 aromatic heterocycles. The highest BCUT2D eigenvalue weighted by Crippen LogP contribution is 2.22. The molecule has 0 unspecified atom stereocenters. The van der Waals surface area contributed by atoms with E-state index >= 15 is 0 Å². The Morgan fingerprint density at radius 1 is 0.690 bits per heavy atom. The first-order chi connectivity index (χ1) is 14.1. The van der Waals surface area contributed by atoms with Crippen LogP contribution in [0.25, 0.3) is 0 Å². The molecule has 3 rings (SSSR count). The largest absolute Gasteiger partial charge is 0.457 e. The minimum Gasteiger partial charge on any atom is -0.457 e. The Hall–Kier alpha value is -4.13. The quantitative estimate of drug-likeness (QED) is 0.498. The summed E-state index contributed by atoms with van der Waals surface area (Å²) in [6.45, 7) is -0.544. The van der Waals surface area contributed by atoms with Gasteiger partial charge in [0, 0.05) is 5.56 Å². The molecule has 0 saturated heterocycles. The summed E-state index contributed by atoms with van der Waals surface area (Å²) in [4.78, 5) is 35.8. The SMILES string of the molecule is O=C(COC(=O)c1cccc(Oc2ccccc2)c1)NNC(=O)c1ccccc1. The third-order valence-electron chi connectivity index (χ3n) is 3.73. The maximum atomic E-state index is 12.2. The Morgan fingerprint density at radius 3 is 2.03 bits per heavy atom. The lowest BCUT2D eigenvalue weighted by Gasteiger charge is -2.09. The van der Waals surface area contributed by atoms with Crippen molar-refractivity contribution in [3.05, 3.63) is 96.1 Å². The van der Waals surface area contributed by atoms with Crippen LogP contribution in [-0.4, -0.2) is 24.4 Å². The zero-order valence-electron chi connectivity index (χ0n) is 15.3. The van der Waals surface area contributed by atoms with Gasteiger partial charge in [-0.1, -0.05) is 42.5 Å². The molecule has 0 radical (unpaired) electrons. The number of benzene rings is 3. The van der Waals surface area contributed by atoms with Gasteiger partial charge >= 0.3 is 5.97 Å². The van der Waals surface area contributed by atoms with Gasteiger partial charge in [0.1, 0.15) is 11.5 Å². The Bertz CT molecular complexity index is 990. The molecule has 0 saturated carbocycles. The summed E-state index contributed by atoms with van der Waals surface area (Å²) in [5.41, 5.74) is 5.06. The molecule has 0 aliphatic rings. The molecule has 3 aromatic rings. The number of hydrogen-bond acceptors (Lipinski definition) is 5. The summed E-state index contributed by atoms with van der Waals surface area (Å²) in [5, 5.41) is 0. The van der Waals surface area contributed by atoms with Gasteiger partial charge in [-0.05, 0) is 42.5 Å². The van der Waals surface area contributed by atoms with Gasteiger partial charge in [0.25, 0.3) is 11.8 Å². The lowest BCUT2D eigenvalue weighted by molar-refractivity contribution is -0.125. The molecule has 2 amide bonds. The Balaban J connectivity index is 1.48. The van der Waals surface area contributed by atoms with Crippen molar-refractivity contribution in [2.45, 2.75) is 0 Å².